The normalized spacial score (nSPS) is 15.8. The number of carbonyl (C=O) groups is 1. The van der Waals surface area contributed by atoms with Gasteiger partial charge in [0.05, 0.1) is 5.56 Å². The van der Waals surface area contributed by atoms with E-state index in [1.807, 2.05) is 6.07 Å². The van der Waals surface area contributed by atoms with E-state index >= 15 is 0 Å². The predicted octanol–water partition coefficient (Wildman–Crippen LogP) is 2.05. The monoisotopic (exact) mass is 289 g/mol. The van der Waals surface area contributed by atoms with Gasteiger partial charge < -0.3 is 5.11 Å². The van der Waals surface area contributed by atoms with E-state index in [4.69, 9.17) is 5.11 Å². The van der Waals surface area contributed by atoms with Crippen molar-refractivity contribution >= 4 is 28.8 Å². The van der Waals surface area contributed by atoms with Gasteiger partial charge in [-0.2, -0.15) is 0 Å². The number of fused-ring (bicyclic) bond motifs is 1. The fourth-order valence-corrected chi connectivity index (χ4v) is 2.22. The zero-order valence-electron chi connectivity index (χ0n) is 6.83. The third-order valence-electron chi connectivity index (χ3n) is 2.14. The van der Waals surface area contributed by atoms with Crippen molar-refractivity contribution in [3.8, 4) is 0 Å². The quantitative estimate of drug-likeness (QED) is 0.635. The van der Waals surface area contributed by atoms with Gasteiger partial charge in [0.25, 0.3) is 0 Å². The van der Waals surface area contributed by atoms with E-state index in [1.54, 1.807) is 12.1 Å². The summed E-state index contributed by atoms with van der Waals surface area (Å²) in [7, 11) is 0. The molecular formula is C9H8INO2. The van der Waals surface area contributed by atoms with Gasteiger partial charge in [-0.25, -0.2) is 7.91 Å². The highest BCUT2D eigenvalue weighted by molar-refractivity contribution is 14.1. The number of hydrogen-bond acceptors (Lipinski definition) is 2. The minimum absolute atomic E-state index is 0.380. The van der Waals surface area contributed by atoms with Crippen LogP contribution in [-0.4, -0.2) is 14.2 Å². The summed E-state index contributed by atoms with van der Waals surface area (Å²) in [6.45, 7) is 1.76. The topological polar surface area (TPSA) is 40.5 Å². The molecule has 0 atom stereocenters. The van der Waals surface area contributed by atoms with E-state index in [1.165, 1.54) is 5.56 Å². The summed E-state index contributed by atoms with van der Waals surface area (Å²) < 4.78 is 2.13. The van der Waals surface area contributed by atoms with Crippen molar-refractivity contribution in [1.29, 1.82) is 0 Å². The molecule has 0 amide bonds. The van der Waals surface area contributed by atoms with Crippen LogP contribution in [0, 0.1) is 0 Å². The van der Waals surface area contributed by atoms with Gasteiger partial charge >= 0.3 is 5.97 Å². The molecule has 0 unspecified atom stereocenters. The molecule has 1 aromatic carbocycles. The van der Waals surface area contributed by atoms with Crippen LogP contribution in [0.2, 0.25) is 0 Å². The van der Waals surface area contributed by atoms with Crippen molar-refractivity contribution in [2.24, 2.45) is 0 Å². The molecule has 0 saturated heterocycles. The average Bonchev–Trinajstić information content (AvgIpc) is 2.42. The molecule has 0 bridgehead atoms. The highest BCUT2D eigenvalue weighted by Crippen LogP contribution is 2.26. The summed E-state index contributed by atoms with van der Waals surface area (Å²) >= 11 is 2.24. The average molecular weight is 289 g/mol. The lowest BCUT2D eigenvalue weighted by molar-refractivity contribution is 0.0697. The second-order valence-corrected chi connectivity index (χ2v) is 4.43. The minimum atomic E-state index is -0.852. The van der Waals surface area contributed by atoms with Crippen LogP contribution in [0.3, 0.4) is 0 Å². The maximum absolute atomic E-state index is 10.7. The van der Waals surface area contributed by atoms with Crippen molar-refractivity contribution in [1.82, 2.24) is 3.11 Å². The Morgan fingerprint density at radius 3 is 2.77 bits per heavy atom. The van der Waals surface area contributed by atoms with E-state index in [-0.39, 0.29) is 0 Å². The number of nitrogens with zero attached hydrogens (tertiary/aromatic N) is 1. The molecule has 0 radical (unpaired) electrons. The first-order valence-corrected chi connectivity index (χ1v) is 4.89. The molecule has 1 aliphatic heterocycles. The van der Waals surface area contributed by atoms with Crippen molar-refractivity contribution in [2.75, 3.05) is 0 Å². The molecule has 1 heterocycles. The Morgan fingerprint density at radius 2 is 2.08 bits per heavy atom. The molecule has 2 rings (SSSR count). The van der Waals surface area contributed by atoms with Gasteiger partial charge in [0, 0.05) is 36.0 Å². The molecule has 4 heteroatoms. The third kappa shape index (κ3) is 1.68. The highest BCUT2D eigenvalue weighted by atomic mass is 127. The van der Waals surface area contributed by atoms with Crippen LogP contribution in [0.15, 0.2) is 18.2 Å². The van der Waals surface area contributed by atoms with E-state index in [2.05, 4.69) is 26.0 Å². The molecule has 1 aliphatic rings. The molecule has 68 valence electrons. The number of rotatable bonds is 1. The second kappa shape index (κ2) is 3.26. The van der Waals surface area contributed by atoms with Crippen molar-refractivity contribution in [2.45, 2.75) is 13.1 Å². The number of benzene rings is 1. The first-order chi connectivity index (χ1) is 6.16. The smallest absolute Gasteiger partial charge is 0.335 e. The molecule has 0 saturated carbocycles. The fraction of sp³-hybridized carbons (Fsp3) is 0.222. The standard InChI is InChI=1S/C9H8INO2/c10-11-4-7-2-1-6(9(12)13)3-8(7)5-11/h1-3H,4-5H2,(H,12,13). The van der Waals surface area contributed by atoms with E-state index in [9.17, 15) is 4.79 Å². The lowest BCUT2D eigenvalue weighted by Gasteiger charge is -1.99. The summed E-state index contributed by atoms with van der Waals surface area (Å²) in [5.41, 5.74) is 2.75. The first-order valence-electron chi connectivity index (χ1n) is 3.92. The van der Waals surface area contributed by atoms with Crippen LogP contribution in [-0.2, 0) is 13.1 Å². The van der Waals surface area contributed by atoms with Crippen LogP contribution in [0.5, 0.6) is 0 Å². The van der Waals surface area contributed by atoms with Gasteiger partial charge in [-0.15, -0.1) is 0 Å². The van der Waals surface area contributed by atoms with Crippen molar-refractivity contribution in [3.05, 3.63) is 34.9 Å². The van der Waals surface area contributed by atoms with E-state index in [0.29, 0.717) is 5.56 Å². The van der Waals surface area contributed by atoms with Crippen LogP contribution >= 0.6 is 22.9 Å². The number of carboxylic acids is 1. The Morgan fingerprint density at radius 1 is 1.38 bits per heavy atom. The number of aromatic carboxylic acids is 1. The van der Waals surface area contributed by atoms with Crippen molar-refractivity contribution < 1.29 is 9.90 Å². The Hall–Kier alpha value is -0.620. The Labute approximate surface area is 89.9 Å². The number of halogens is 1. The Balaban J connectivity index is 2.40. The van der Waals surface area contributed by atoms with E-state index < -0.39 is 5.97 Å². The Bertz CT molecular complexity index is 365. The van der Waals surface area contributed by atoms with Gasteiger partial charge in [-0.3, -0.25) is 0 Å². The molecular weight excluding hydrogens is 281 g/mol. The number of carboxylic acid groups (broad SMARTS) is 1. The molecule has 0 aromatic heterocycles. The summed E-state index contributed by atoms with van der Waals surface area (Å²) in [6, 6.07) is 5.32. The number of hydrogen-bond donors (Lipinski definition) is 1. The van der Waals surface area contributed by atoms with Crippen LogP contribution in [0.4, 0.5) is 0 Å². The van der Waals surface area contributed by atoms with Gasteiger partial charge in [0.1, 0.15) is 0 Å². The highest BCUT2D eigenvalue weighted by Gasteiger charge is 2.17. The fourth-order valence-electron chi connectivity index (χ4n) is 1.49. The second-order valence-electron chi connectivity index (χ2n) is 3.07. The van der Waals surface area contributed by atoms with Crippen molar-refractivity contribution in [3.63, 3.8) is 0 Å². The molecule has 1 N–H and O–H groups in total. The SMILES string of the molecule is O=C(O)c1ccc2c(c1)CN(I)C2. The zero-order chi connectivity index (χ0) is 9.42. The summed E-state index contributed by atoms with van der Waals surface area (Å²) in [5, 5.41) is 8.77. The molecule has 0 aliphatic carbocycles. The summed E-state index contributed by atoms with van der Waals surface area (Å²) in [5.74, 6) is -0.852. The first kappa shape index (κ1) is 8.96. The lowest BCUT2D eigenvalue weighted by Crippen LogP contribution is -1.98. The minimum Gasteiger partial charge on any atom is -0.478 e. The molecule has 1 aromatic rings. The zero-order valence-corrected chi connectivity index (χ0v) is 8.98. The lowest BCUT2D eigenvalue weighted by atomic mass is 10.1. The van der Waals surface area contributed by atoms with Crippen LogP contribution in [0.1, 0.15) is 21.5 Å². The predicted molar refractivity (Wildman–Crippen MR) is 56.7 cm³/mol. The maximum atomic E-state index is 10.7. The largest absolute Gasteiger partial charge is 0.478 e. The third-order valence-corrected chi connectivity index (χ3v) is 2.82. The molecule has 3 nitrogen and oxygen atoms in total. The molecule has 13 heavy (non-hydrogen) atoms. The van der Waals surface area contributed by atoms with Gasteiger partial charge in [0.15, 0.2) is 0 Å². The Kier molecular flexibility index (Phi) is 2.25. The molecule has 0 fully saturated rings. The van der Waals surface area contributed by atoms with E-state index in [0.717, 1.165) is 18.7 Å². The van der Waals surface area contributed by atoms with Gasteiger partial charge in [-0.05, 0) is 23.3 Å². The van der Waals surface area contributed by atoms with Crippen LogP contribution < -0.4 is 0 Å². The summed E-state index contributed by atoms with van der Waals surface area (Å²) in [4.78, 5) is 10.7. The molecule has 0 spiro atoms. The maximum Gasteiger partial charge on any atom is 0.335 e. The van der Waals surface area contributed by atoms with Gasteiger partial charge in [0.2, 0.25) is 0 Å². The summed E-state index contributed by atoms with van der Waals surface area (Å²) in [6.07, 6.45) is 0. The van der Waals surface area contributed by atoms with Gasteiger partial charge in [-0.1, -0.05) is 6.07 Å². The van der Waals surface area contributed by atoms with Crippen LogP contribution in [0.25, 0.3) is 0 Å².